The number of nitrogens with zero attached hydrogens (tertiary/aromatic N) is 1. The Bertz CT molecular complexity index is 397. The molecule has 1 aromatic rings. The summed E-state index contributed by atoms with van der Waals surface area (Å²) in [7, 11) is 0. The van der Waals surface area contributed by atoms with Crippen molar-refractivity contribution in [2.75, 3.05) is 24.7 Å². The molecule has 0 saturated carbocycles. The van der Waals surface area contributed by atoms with Gasteiger partial charge in [0.1, 0.15) is 5.75 Å². The average molecular weight is 286 g/mol. The van der Waals surface area contributed by atoms with Crippen molar-refractivity contribution < 1.29 is 20.2 Å². The van der Waals surface area contributed by atoms with Crippen molar-refractivity contribution in [1.29, 1.82) is 0 Å². The molecule has 0 aliphatic carbocycles. The van der Waals surface area contributed by atoms with Crippen LogP contribution in [0.3, 0.4) is 0 Å². The molecule has 0 aliphatic heterocycles. The third kappa shape index (κ3) is 5.82. The number of thioether (sulfide) groups is 1. The normalized spacial score (nSPS) is 13.3. The summed E-state index contributed by atoms with van der Waals surface area (Å²) in [5.41, 5.74) is 6.06. The van der Waals surface area contributed by atoms with E-state index in [1.807, 2.05) is 0 Å². The Morgan fingerprint density at radius 3 is 2.63 bits per heavy atom. The third-order valence-electron chi connectivity index (χ3n) is 2.28. The quantitative estimate of drug-likeness (QED) is 0.179. The van der Waals surface area contributed by atoms with Gasteiger partial charge in [0, 0.05) is 17.1 Å². The van der Waals surface area contributed by atoms with Crippen LogP contribution in [0.15, 0.2) is 29.4 Å². The topological polar surface area (TPSA) is 108 Å². The van der Waals surface area contributed by atoms with Crippen molar-refractivity contribution in [2.24, 2.45) is 10.9 Å². The summed E-state index contributed by atoms with van der Waals surface area (Å²) in [6, 6.07) is 6.88. The molecule has 0 saturated heterocycles. The maximum absolute atomic E-state index is 9.13. The van der Waals surface area contributed by atoms with Crippen LogP contribution in [-0.2, 0) is 0 Å². The predicted molar refractivity (Wildman–Crippen MR) is 74.9 cm³/mol. The van der Waals surface area contributed by atoms with Crippen LogP contribution in [0.4, 0.5) is 0 Å². The zero-order chi connectivity index (χ0) is 14.1. The Morgan fingerprint density at radius 1 is 1.37 bits per heavy atom. The Balaban J connectivity index is 2.27. The van der Waals surface area contributed by atoms with Gasteiger partial charge in [0.2, 0.25) is 0 Å². The van der Waals surface area contributed by atoms with Gasteiger partial charge in [-0.05, 0) is 24.3 Å². The molecule has 0 aliphatic rings. The van der Waals surface area contributed by atoms with Gasteiger partial charge in [0.25, 0.3) is 0 Å². The first-order chi connectivity index (χ1) is 9.17. The molecule has 1 aromatic carbocycles. The number of aliphatic hydroxyl groups is 2. The standard InChI is InChI=1S/C12H18N2O4S/c13-12(14-17)9-1-3-11(4-2-9)18-5-6-19-8-10(16)7-15/h1-4,10,15-17H,5-8H2,(H2,13,14). The van der Waals surface area contributed by atoms with Gasteiger partial charge in [0.15, 0.2) is 5.84 Å². The number of benzene rings is 1. The van der Waals surface area contributed by atoms with E-state index in [9.17, 15) is 0 Å². The summed E-state index contributed by atoms with van der Waals surface area (Å²) in [4.78, 5) is 0. The van der Waals surface area contributed by atoms with E-state index in [-0.39, 0.29) is 12.4 Å². The van der Waals surface area contributed by atoms with E-state index in [0.717, 1.165) is 5.75 Å². The number of oxime groups is 1. The SMILES string of the molecule is NC(=NO)c1ccc(OCCSCC(O)CO)cc1. The van der Waals surface area contributed by atoms with Gasteiger partial charge >= 0.3 is 0 Å². The molecule has 7 heteroatoms. The molecule has 1 atom stereocenters. The van der Waals surface area contributed by atoms with Gasteiger partial charge in [-0.25, -0.2) is 0 Å². The van der Waals surface area contributed by atoms with Gasteiger partial charge in [0.05, 0.1) is 19.3 Å². The fourth-order valence-electron chi connectivity index (χ4n) is 1.27. The fraction of sp³-hybridized carbons (Fsp3) is 0.417. The summed E-state index contributed by atoms with van der Waals surface area (Å²) in [6.45, 7) is 0.287. The molecule has 0 amide bonds. The largest absolute Gasteiger partial charge is 0.493 e. The van der Waals surface area contributed by atoms with Crippen LogP contribution in [0, 0.1) is 0 Å². The molecular formula is C12H18N2O4S. The van der Waals surface area contributed by atoms with E-state index in [0.29, 0.717) is 23.7 Å². The lowest BCUT2D eigenvalue weighted by Gasteiger charge is -2.08. The van der Waals surface area contributed by atoms with Crippen LogP contribution in [0.25, 0.3) is 0 Å². The summed E-state index contributed by atoms with van der Waals surface area (Å²) in [5.74, 6) is 1.96. The molecule has 0 spiro atoms. The predicted octanol–water partition coefficient (Wildman–Crippen LogP) is 0.246. The van der Waals surface area contributed by atoms with Crippen LogP contribution in [0.1, 0.15) is 5.56 Å². The lowest BCUT2D eigenvalue weighted by Crippen LogP contribution is -2.15. The zero-order valence-corrected chi connectivity index (χ0v) is 11.2. The molecule has 0 fully saturated rings. The summed E-state index contributed by atoms with van der Waals surface area (Å²) < 4.78 is 5.48. The maximum atomic E-state index is 9.13. The van der Waals surface area contributed by atoms with Crippen LogP contribution in [0.5, 0.6) is 5.75 Å². The molecule has 0 radical (unpaired) electrons. The number of rotatable bonds is 8. The van der Waals surface area contributed by atoms with Crippen LogP contribution in [0.2, 0.25) is 0 Å². The van der Waals surface area contributed by atoms with Gasteiger partial charge in [-0.1, -0.05) is 5.16 Å². The minimum absolute atomic E-state index is 0.0556. The van der Waals surface area contributed by atoms with Gasteiger partial charge in [-0.3, -0.25) is 0 Å². The molecule has 0 bridgehead atoms. The van der Waals surface area contributed by atoms with Crippen LogP contribution < -0.4 is 10.5 Å². The Labute approximate surface area is 115 Å². The fourth-order valence-corrected chi connectivity index (χ4v) is 2.02. The molecule has 0 aromatic heterocycles. The summed E-state index contributed by atoms with van der Waals surface area (Å²) in [6.07, 6.45) is -0.676. The third-order valence-corrected chi connectivity index (χ3v) is 3.35. The highest BCUT2D eigenvalue weighted by atomic mass is 32.2. The highest BCUT2D eigenvalue weighted by Crippen LogP contribution is 2.13. The number of hydrogen-bond donors (Lipinski definition) is 4. The van der Waals surface area contributed by atoms with Crippen molar-refractivity contribution >= 4 is 17.6 Å². The molecular weight excluding hydrogens is 268 g/mol. The highest BCUT2D eigenvalue weighted by molar-refractivity contribution is 7.99. The second kappa shape index (κ2) is 8.63. The smallest absolute Gasteiger partial charge is 0.170 e. The number of amidine groups is 1. The molecule has 19 heavy (non-hydrogen) atoms. The van der Waals surface area contributed by atoms with Crippen molar-refractivity contribution in [3.8, 4) is 5.75 Å². The summed E-state index contributed by atoms with van der Waals surface area (Å²) in [5, 5.41) is 29.2. The Kier molecular flexibility index (Phi) is 7.09. The van der Waals surface area contributed by atoms with E-state index in [1.165, 1.54) is 11.8 Å². The molecule has 106 valence electrons. The van der Waals surface area contributed by atoms with E-state index in [4.69, 9.17) is 25.9 Å². The lowest BCUT2D eigenvalue weighted by molar-refractivity contribution is 0.113. The molecule has 1 rings (SSSR count). The van der Waals surface area contributed by atoms with E-state index in [1.54, 1.807) is 24.3 Å². The van der Waals surface area contributed by atoms with Crippen molar-refractivity contribution in [1.82, 2.24) is 0 Å². The first-order valence-corrected chi connectivity index (χ1v) is 6.90. The number of aliphatic hydroxyl groups excluding tert-OH is 2. The van der Waals surface area contributed by atoms with E-state index >= 15 is 0 Å². The second-order valence-electron chi connectivity index (χ2n) is 3.77. The molecule has 6 nitrogen and oxygen atoms in total. The van der Waals surface area contributed by atoms with Crippen LogP contribution in [-0.4, -0.2) is 52.1 Å². The monoisotopic (exact) mass is 286 g/mol. The first kappa shape index (κ1) is 15.6. The van der Waals surface area contributed by atoms with Gasteiger partial charge < -0.3 is 25.9 Å². The number of nitrogens with two attached hydrogens (primary N) is 1. The van der Waals surface area contributed by atoms with Crippen molar-refractivity contribution in [3.05, 3.63) is 29.8 Å². The Hall–Kier alpha value is -1.44. The van der Waals surface area contributed by atoms with Crippen molar-refractivity contribution in [3.63, 3.8) is 0 Å². The lowest BCUT2D eigenvalue weighted by atomic mass is 10.2. The number of hydrogen-bond acceptors (Lipinski definition) is 6. The molecule has 5 N–H and O–H groups in total. The minimum Gasteiger partial charge on any atom is -0.493 e. The average Bonchev–Trinajstić information content (AvgIpc) is 2.46. The molecule has 1 unspecified atom stereocenters. The Morgan fingerprint density at radius 2 is 2.05 bits per heavy atom. The van der Waals surface area contributed by atoms with Gasteiger partial charge in [-0.2, -0.15) is 11.8 Å². The zero-order valence-electron chi connectivity index (χ0n) is 10.4. The minimum atomic E-state index is -0.676. The maximum Gasteiger partial charge on any atom is 0.170 e. The highest BCUT2D eigenvalue weighted by Gasteiger charge is 2.02. The van der Waals surface area contributed by atoms with Crippen LogP contribution >= 0.6 is 11.8 Å². The molecule has 0 heterocycles. The van der Waals surface area contributed by atoms with Crippen molar-refractivity contribution in [2.45, 2.75) is 6.10 Å². The van der Waals surface area contributed by atoms with E-state index in [2.05, 4.69) is 5.16 Å². The second-order valence-corrected chi connectivity index (χ2v) is 4.92. The van der Waals surface area contributed by atoms with E-state index < -0.39 is 6.10 Å². The number of ether oxygens (including phenoxy) is 1. The first-order valence-electron chi connectivity index (χ1n) is 5.74. The van der Waals surface area contributed by atoms with Gasteiger partial charge in [-0.15, -0.1) is 0 Å². The summed E-state index contributed by atoms with van der Waals surface area (Å²) >= 11 is 1.51.